The maximum absolute atomic E-state index is 11.0. The van der Waals surface area contributed by atoms with Gasteiger partial charge in [0, 0.05) is 12.8 Å². The smallest absolute Gasteiger partial charge is 0.235 e. The van der Waals surface area contributed by atoms with Crippen LogP contribution in [0, 0.1) is 5.92 Å². The number of amides is 1. The first-order valence-corrected chi connectivity index (χ1v) is 6.55. The summed E-state index contributed by atoms with van der Waals surface area (Å²) in [5.41, 5.74) is 5.33. The minimum atomic E-state index is -3.22. The molecule has 0 aromatic heterocycles. The Morgan fingerprint density at radius 2 is 2.07 bits per heavy atom. The van der Waals surface area contributed by atoms with E-state index in [1.165, 1.54) is 0 Å². The predicted molar refractivity (Wildman–Crippen MR) is 55.6 cm³/mol. The lowest BCUT2D eigenvalue weighted by Crippen LogP contribution is -2.33. The highest BCUT2D eigenvalue weighted by atomic mass is 32.2. The standard InChI is InChI=1S/C8H18N2O3S/c1-7(3-4-9)5-10-8(11)6-14(2,12)13/h7H,3-6,9H2,1-2H3,(H,10,11). The summed E-state index contributed by atoms with van der Waals surface area (Å²) in [7, 11) is -3.22. The van der Waals surface area contributed by atoms with Gasteiger partial charge in [0.25, 0.3) is 0 Å². The number of hydrogen-bond donors (Lipinski definition) is 2. The lowest BCUT2D eigenvalue weighted by molar-refractivity contribution is -0.118. The first-order chi connectivity index (χ1) is 6.35. The molecular weight excluding hydrogens is 204 g/mol. The Bertz CT molecular complexity index is 274. The summed E-state index contributed by atoms with van der Waals surface area (Å²) in [4.78, 5) is 11.0. The van der Waals surface area contributed by atoms with Crippen LogP contribution in [0.1, 0.15) is 13.3 Å². The first kappa shape index (κ1) is 13.4. The molecule has 0 bridgehead atoms. The van der Waals surface area contributed by atoms with E-state index in [2.05, 4.69) is 5.32 Å². The third-order valence-electron chi connectivity index (χ3n) is 1.70. The van der Waals surface area contributed by atoms with Crippen LogP contribution in [0.2, 0.25) is 0 Å². The van der Waals surface area contributed by atoms with Crippen LogP contribution in [0.5, 0.6) is 0 Å². The molecule has 14 heavy (non-hydrogen) atoms. The van der Waals surface area contributed by atoms with Gasteiger partial charge in [-0.25, -0.2) is 8.42 Å². The van der Waals surface area contributed by atoms with E-state index < -0.39 is 21.5 Å². The van der Waals surface area contributed by atoms with Crippen LogP contribution >= 0.6 is 0 Å². The van der Waals surface area contributed by atoms with Gasteiger partial charge >= 0.3 is 0 Å². The van der Waals surface area contributed by atoms with Crippen molar-refractivity contribution in [2.24, 2.45) is 11.7 Å². The molecule has 6 heteroatoms. The van der Waals surface area contributed by atoms with Crippen molar-refractivity contribution in [3.63, 3.8) is 0 Å². The van der Waals surface area contributed by atoms with E-state index in [0.717, 1.165) is 12.7 Å². The van der Waals surface area contributed by atoms with Gasteiger partial charge in [-0.3, -0.25) is 4.79 Å². The van der Waals surface area contributed by atoms with E-state index in [9.17, 15) is 13.2 Å². The van der Waals surface area contributed by atoms with E-state index in [1.807, 2.05) is 6.92 Å². The molecular formula is C8H18N2O3S. The fourth-order valence-corrected chi connectivity index (χ4v) is 1.54. The van der Waals surface area contributed by atoms with Crippen LogP contribution in [0.4, 0.5) is 0 Å². The van der Waals surface area contributed by atoms with Gasteiger partial charge in [-0.05, 0) is 18.9 Å². The molecule has 5 nitrogen and oxygen atoms in total. The van der Waals surface area contributed by atoms with Gasteiger partial charge < -0.3 is 11.1 Å². The number of nitrogens with one attached hydrogen (secondary N) is 1. The summed E-state index contributed by atoms with van der Waals surface area (Å²) < 4.78 is 21.5. The molecule has 0 rings (SSSR count). The fourth-order valence-electron chi connectivity index (χ4n) is 0.964. The van der Waals surface area contributed by atoms with Crippen LogP contribution < -0.4 is 11.1 Å². The molecule has 0 saturated heterocycles. The predicted octanol–water partition coefficient (Wildman–Crippen LogP) is -0.868. The van der Waals surface area contributed by atoms with Crippen LogP contribution in [-0.2, 0) is 14.6 Å². The fraction of sp³-hybridized carbons (Fsp3) is 0.875. The first-order valence-electron chi connectivity index (χ1n) is 4.49. The molecule has 0 heterocycles. The second kappa shape index (κ2) is 5.98. The molecule has 84 valence electrons. The number of carbonyl (C=O) groups is 1. The Balaban J connectivity index is 3.75. The highest BCUT2D eigenvalue weighted by molar-refractivity contribution is 7.91. The number of sulfone groups is 1. The highest BCUT2D eigenvalue weighted by Crippen LogP contribution is 1.96. The molecule has 0 aliphatic carbocycles. The normalized spacial score (nSPS) is 13.6. The third-order valence-corrected chi connectivity index (χ3v) is 2.49. The lowest BCUT2D eigenvalue weighted by Gasteiger charge is -2.10. The molecule has 0 spiro atoms. The molecule has 1 atom stereocenters. The largest absolute Gasteiger partial charge is 0.355 e. The van der Waals surface area contributed by atoms with Crippen LogP contribution in [0.15, 0.2) is 0 Å². The zero-order valence-corrected chi connectivity index (χ0v) is 9.43. The Morgan fingerprint density at radius 3 is 2.50 bits per heavy atom. The van der Waals surface area contributed by atoms with Gasteiger partial charge in [-0.2, -0.15) is 0 Å². The minimum Gasteiger partial charge on any atom is -0.355 e. The number of nitrogens with two attached hydrogens (primary N) is 1. The van der Waals surface area contributed by atoms with Gasteiger partial charge in [0.15, 0.2) is 9.84 Å². The summed E-state index contributed by atoms with van der Waals surface area (Å²) in [6, 6.07) is 0. The highest BCUT2D eigenvalue weighted by Gasteiger charge is 2.11. The number of rotatable bonds is 6. The van der Waals surface area contributed by atoms with Gasteiger partial charge in [0.1, 0.15) is 5.75 Å². The van der Waals surface area contributed by atoms with Crippen molar-refractivity contribution < 1.29 is 13.2 Å². The topological polar surface area (TPSA) is 89.3 Å². The molecule has 0 aliphatic rings. The SMILES string of the molecule is CC(CCN)CNC(=O)CS(C)(=O)=O. The van der Waals surface area contributed by atoms with Crippen molar-refractivity contribution in [3.8, 4) is 0 Å². The molecule has 0 aliphatic heterocycles. The van der Waals surface area contributed by atoms with Gasteiger partial charge in [0.2, 0.25) is 5.91 Å². The quantitative estimate of drug-likeness (QED) is 0.611. The molecule has 0 radical (unpaired) electrons. The number of carbonyl (C=O) groups excluding carboxylic acids is 1. The summed E-state index contributed by atoms with van der Waals surface area (Å²) >= 11 is 0. The number of hydrogen-bond acceptors (Lipinski definition) is 4. The average Bonchev–Trinajstić information content (AvgIpc) is 1.98. The monoisotopic (exact) mass is 222 g/mol. The maximum Gasteiger partial charge on any atom is 0.235 e. The molecule has 0 aromatic rings. The van der Waals surface area contributed by atoms with E-state index in [0.29, 0.717) is 13.1 Å². The second-order valence-electron chi connectivity index (χ2n) is 3.56. The summed E-state index contributed by atoms with van der Waals surface area (Å²) in [6.45, 7) is 3.00. The van der Waals surface area contributed by atoms with Gasteiger partial charge in [-0.1, -0.05) is 6.92 Å². The van der Waals surface area contributed by atoms with Crippen molar-refractivity contribution >= 4 is 15.7 Å². The summed E-state index contributed by atoms with van der Waals surface area (Å²) in [6.07, 6.45) is 1.86. The molecule has 0 fully saturated rings. The second-order valence-corrected chi connectivity index (χ2v) is 5.70. The lowest BCUT2D eigenvalue weighted by atomic mass is 10.1. The van der Waals surface area contributed by atoms with E-state index in [1.54, 1.807) is 0 Å². The zero-order chi connectivity index (χ0) is 11.2. The van der Waals surface area contributed by atoms with Crippen molar-refractivity contribution in [2.75, 3.05) is 25.1 Å². The Morgan fingerprint density at radius 1 is 1.50 bits per heavy atom. The summed E-state index contributed by atoms with van der Waals surface area (Å²) in [5.74, 6) is -0.609. The molecule has 3 N–H and O–H groups in total. The van der Waals surface area contributed by atoms with E-state index in [-0.39, 0.29) is 5.92 Å². The molecule has 1 amide bonds. The Labute approximate surface area is 85.0 Å². The van der Waals surface area contributed by atoms with Crippen LogP contribution in [0.3, 0.4) is 0 Å². The van der Waals surface area contributed by atoms with Crippen molar-refractivity contribution in [3.05, 3.63) is 0 Å². The Hall–Kier alpha value is -0.620. The average molecular weight is 222 g/mol. The zero-order valence-electron chi connectivity index (χ0n) is 8.62. The maximum atomic E-state index is 11.0. The van der Waals surface area contributed by atoms with Crippen molar-refractivity contribution in [2.45, 2.75) is 13.3 Å². The molecule has 0 saturated carbocycles. The van der Waals surface area contributed by atoms with Crippen LogP contribution in [-0.4, -0.2) is 39.4 Å². The van der Waals surface area contributed by atoms with Crippen LogP contribution in [0.25, 0.3) is 0 Å². The van der Waals surface area contributed by atoms with E-state index in [4.69, 9.17) is 5.73 Å². The summed E-state index contributed by atoms with van der Waals surface area (Å²) in [5, 5.41) is 2.55. The van der Waals surface area contributed by atoms with E-state index >= 15 is 0 Å². The van der Waals surface area contributed by atoms with Gasteiger partial charge in [-0.15, -0.1) is 0 Å². The third kappa shape index (κ3) is 8.00. The minimum absolute atomic E-state index is 0.281. The molecule has 1 unspecified atom stereocenters. The van der Waals surface area contributed by atoms with Gasteiger partial charge in [0.05, 0.1) is 0 Å². The molecule has 0 aromatic carbocycles. The van der Waals surface area contributed by atoms with Crippen molar-refractivity contribution in [1.82, 2.24) is 5.32 Å². The van der Waals surface area contributed by atoms with Crippen molar-refractivity contribution in [1.29, 1.82) is 0 Å². The Kier molecular flexibility index (Phi) is 5.71.